The minimum atomic E-state index is -3.52. The Morgan fingerprint density at radius 1 is 1.08 bits per heavy atom. The maximum Gasteiger partial charge on any atom is 0.244 e. The van der Waals surface area contributed by atoms with Crippen molar-refractivity contribution in [2.75, 3.05) is 57.4 Å². The van der Waals surface area contributed by atoms with Crippen molar-refractivity contribution in [1.29, 1.82) is 0 Å². The first-order valence-corrected chi connectivity index (χ1v) is 10.0. The number of anilines is 1. The molecule has 7 nitrogen and oxygen atoms in total. The highest BCUT2D eigenvalue weighted by molar-refractivity contribution is 7.89. The number of aromatic nitrogens is 1. The molecule has 0 atom stereocenters. The van der Waals surface area contributed by atoms with Crippen molar-refractivity contribution in [3.8, 4) is 0 Å². The number of para-hydroxylation sites is 1. The van der Waals surface area contributed by atoms with Crippen molar-refractivity contribution in [3.63, 3.8) is 0 Å². The number of ether oxygens (including phenoxy) is 1. The third-order valence-corrected chi connectivity index (χ3v) is 6.59. The Morgan fingerprint density at radius 2 is 1.81 bits per heavy atom. The monoisotopic (exact) mass is 398 g/mol. The Labute approximate surface area is 159 Å². The summed E-state index contributed by atoms with van der Waals surface area (Å²) in [6.45, 7) is 5.39. The van der Waals surface area contributed by atoms with Gasteiger partial charge in [0.25, 0.3) is 0 Å². The molecule has 0 bridgehead atoms. The van der Waals surface area contributed by atoms with Gasteiger partial charge < -0.3 is 15.0 Å². The lowest BCUT2D eigenvalue weighted by Gasteiger charge is -2.30. The fourth-order valence-electron chi connectivity index (χ4n) is 3.36. The van der Waals surface area contributed by atoms with Crippen LogP contribution in [0.5, 0.6) is 0 Å². The third-order valence-electron chi connectivity index (χ3n) is 4.73. The van der Waals surface area contributed by atoms with E-state index in [-0.39, 0.29) is 17.3 Å². The molecule has 0 saturated carbocycles. The quantitative estimate of drug-likeness (QED) is 0.834. The van der Waals surface area contributed by atoms with Crippen LogP contribution in [-0.2, 0) is 14.8 Å². The van der Waals surface area contributed by atoms with Crippen LogP contribution in [-0.4, -0.2) is 70.2 Å². The number of hydrogen-bond acceptors (Lipinski definition) is 6. The average Bonchev–Trinajstić information content (AvgIpc) is 2.68. The van der Waals surface area contributed by atoms with E-state index in [9.17, 15) is 8.42 Å². The number of hydrogen-bond donors (Lipinski definition) is 1. The molecule has 0 aliphatic carbocycles. The zero-order valence-electron chi connectivity index (χ0n) is 14.4. The Morgan fingerprint density at radius 3 is 2.54 bits per heavy atom. The number of fused-ring (bicyclic) bond motifs is 1. The summed E-state index contributed by atoms with van der Waals surface area (Å²) in [6, 6.07) is 7.68. The first-order valence-electron chi connectivity index (χ1n) is 8.58. The van der Waals surface area contributed by atoms with Gasteiger partial charge in [-0.25, -0.2) is 8.42 Å². The van der Waals surface area contributed by atoms with E-state index in [0.29, 0.717) is 26.3 Å². The standard InChI is InChI=1S/C17H22N4O3S.ClH/c22-25(23,21-8-10-24-11-9-21)15-12-14-2-1-3-16(17(14)19-13-15)20-6-4-18-5-7-20;/h1-3,12-13,18H,4-11H2;1H. The van der Waals surface area contributed by atoms with Crippen LogP contribution >= 0.6 is 12.4 Å². The Balaban J connectivity index is 0.00000196. The minimum absolute atomic E-state index is 0. The minimum Gasteiger partial charge on any atom is -0.379 e. The van der Waals surface area contributed by atoms with Gasteiger partial charge in [0.15, 0.2) is 0 Å². The van der Waals surface area contributed by atoms with Gasteiger partial charge in [0, 0.05) is 50.9 Å². The SMILES string of the molecule is Cl.O=S(=O)(c1cnc2c(N3CCNCC3)cccc2c1)N1CCOCC1. The topological polar surface area (TPSA) is 74.8 Å². The number of halogens is 1. The molecule has 0 radical (unpaired) electrons. The number of rotatable bonds is 3. The summed E-state index contributed by atoms with van der Waals surface area (Å²) in [7, 11) is -3.52. The van der Waals surface area contributed by atoms with Gasteiger partial charge in [-0.3, -0.25) is 4.98 Å². The van der Waals surface area contributed by atoms with Gasteiger partial charge in [-0.05, 0) is 12.1 Å². The highest BCUT2D eigenvalue weighted by Gasteiger charge is 2.27. The lowest BCUT2D eigenvalue weighted by atomic mass is 10.1. The fraction of sp³-hybridized carbons (Fsp3) is 0.471. The maximum absolute atomic E-state index is 12.8. The molecule has 4 rings (SSSR count). The molecule has 2 saturated heterocycles. The highest BCUT2D eigenvalue weighted by Crippen LogP contribution is 2.28. The van der Waals surface area contributed by atoms with E-state index in [1.165, 1.54) is 10.5 Å². The Kier molecular flexibility index (Phi) is 5.99. The maximum atomic E-state index is 12.8. The van der Waals surface area contributed by atoms with Crippen molar-refractivity contribution in [2.24, 2.45) is 0 Å². The molecule has 0 unspecified atom stereocenters. The van der Waals surface area contributed by atoms with Crippen molar-refractivity contribution in [2.45, 2.75) is 4.90 Å². The first kappa shape index (κ1) is 19.3. The molecule has 1 N–H and O–H groups in total. The van der Waals surface area contributed by atoms with E-state index >= 15 is 0 Å². The smallest absolute Gasteiger partial charge is 0.244 e. The van der Waals surface area contributed by atoms with Crippen LogP contribution in [0.25, 0.3) is 10.9 Å². The van der Waals surface area contributed by atoms with E-state index in [0.717, 1.165) is 42.8 Å². The zero-order chi connectivity index (χ0) is 17.3. The normalized spacial score (nSPS) is 19.3. The van der Waals surface area contributed by atoms with Crippen LogP contribution < -0.4 is 10.2 Å². The molecule has 142 valence electrons. The number of nitrogens with one attached hydrogen (secondary N) is 1. The largest absolute Gasteiger partial charge is 0.379 e. The summed E-state index contributed by atoms with van der Waals surface area (Å²) in [5, 5.41) is 4.19. The Hall–Kier alpha value is -1.45. The lowest BCUT2D eigenvalue weighted by Crippen LogP contribution is -2.43. The van der Waals surface area contributed by atoms with Crippen molar-refractivity contribution in [1.82, 2.24) is 14.6 Å². The van der Waals surface area contributed by atoms with Gasteiger partial charge in [-0.2, -0.15) is 4.31 Å². The van der Waals surface area contributed by atoms with Gasteiger partial charge >= 0.3 is 0 Å². The van der Waals surface area contributed by atoms with E-state index < -0.39 is 10.0 Å². The molecule has 2 aliphatic heterocycles. The Bertz CT molecular complexity index is 865. The van der Waals surface area contributed by atoms with Gasteiger partial charge in [0.2, 0.25) is 10.0 Å². The van der Waals surface area contributed by atoms with Crippen molar-refractivity contribution in [3.05, 3.63) is 30.5 Å². The summed E-state index contributed by atoms with van der Waals surface area (Å²) in [6.07, 6.45) is 1.48. The molecule has 2 aromatic rings. The fourth-order valence-corrected chi connectivity index (χ4v) is 4.75. The van der Waals surface area contributed by atoms with Gasteiger partial charge in [0.1, 0.15) is 4.90 Å². The number of sulfonamides is 1. The number of pyridine rings is 1. The predicted molar refractivity (Wildman–Crippen MR) is 104 cm³/mol. The predicted octanol–water partition coefficient (Wildman–Crippen LogP) is 1.09. The summed E-state index contributed by atoms with van der Waals surface area (Å²) < 4.78 is 32.4. The van der Waals surface area contributed by atoms with Crippen LogP contribution in [0.1, 0.15) is 0 Å². The molecule has 0 amide bonds. The zero-order valence-corrected chi connectivity index (χ0v) is 16.1. The lowest BCUT2D eigenvalue weighted by molar-refractivity contribution is 0.0730. The second-order valence-corrected chi connectivity index (χ2v) is 8.21. The van der Waals surface area contributed by atoms with Gasteiger partial charge in [0.05, 0.1) is 24.4 Å². The molecule has 1 aromatic heterocycles. The molecular formula is C17H23ClN4O3S. The second kappa shape index (κ2) is 8.06. The second-order valence-electron chi connectivity index (χ2n) is 6.27. The molecule has 1 aromatic carbocycles. The molecule has 9 heteroatoms. The van der Waals surface area contributed by atoms with Crippen LogP contribution in [0.15, 0.2) is 35.4 Å². The van der Waals surface area contributed by atoms with Crippen LogP contribution in [0.2, 0.25) is 0 Å². The van der Waals surface area contributed by atoms with Gasteiger partial charge in [-0.1, -0.05) is 12.1 Å². The van der Waals surface area contributed by atoms with Crippen molar-refractivity contribution < 1.29 is 13.2 Å². The highest BCUT2D eigenvalue weighted by atomic mass is 35.5. The summed E-state index contributed by atoms with van der Waals surface area (Å²) in [4.78, 5) is 7.06. The van der Waals surface area contributed by atoms with Crippen LogP contribution in [0.3, 0.4) is 0 Å². The first-order chi connectivity index (χ1) is 12.2. The van der Waals surface area contributed by atoms with E-state index in [4.69, 9.17) is 4.74 Å². The van der Waals surface area contributed by atoms with E-state index in [1.807, 2.05) is 12.1 Å². The number of benzene rings is 1. The number of morpholine rings is 1. The molecule has 2 fully saturated rings. The average molecular weight is 399 g/mol. The van der Waals surface area contributed by atoms with Crippen molar-refractivity contribution >= 4 is 39.0 Å². The third kappa shape index (κ3) is 3.65. The summed E-state index contributed by atoms with van der Waals surface area (Å²) >= 11 is 0. The summed E-state index contributed by atoms with van der Waals surface area (Å²) in [5.74, 6) is 0. The molecule has 2 aliphatic rings. The molecule has 26 heavy (non-hydrogen) atoms. The molecular weight excluding hydrogens is 376 g/mol. The van der Waals surface area contributed by atoms with Crippen LogP contribution in [0, 0.1) is 0 Å². The van der Waals surface area contributed by atoms with Gasteiger partial charge in [-0.15, -0.1) is 12.4 Å². The number of nitrogens with zero attached hydrogens (tertiary/aromatic N) is 3. The number of piperazine rings is 1. The van der Waals surface area contributed by atoms with E-state index in [2.05, 4.69) is 21.3 Å². The van der Waals surface area contributed by atoms with Crippen LogP contribution in [0.4, 0.5) is 5.69 Å². The summed E-state index contributed by atoms with van der Waals surface area (Å²) in [5.41, 5.74) is 1.92. The molecule has 3 heterocycles. The van der Waals surface area contributed by atoms with E-state index in [1.54, 1.807) is 6.07 Å². The molecule has 0 spiro atoms.